The molecule has 2 N–H and O–H groups in total. The molecule has 0 atom stereocenters. The maximum atomic E-state index is 12.2. The van der Waals surface area contributed by atoms with Gasteiger partial charge in [-0.25, -0.2) is 13.1 Å². The zero-order valence-electron chi connectivity index (χ0n) is 12.1. The predicted octanol–water partition coefficient (Wildman–Crippen LogP) is 2.81. The number of anilines is 1. The molecule has 7 heteroatoms. The van der Waals surface area contributed by atoms with E-state index in [0.717, 1.165) is 5.56 Å². The Bertz CT molecular complexity index is 802. The van der Waals surface area contributed by atoms with Crippen molar-refractivity contribution in [3.05, 3.63) is 58.6 Å². The molecule has 0 aliphatic carbocycles. The number of carbonyl (C=O) groups is 1. The van der Waals surface area contributed by atoms with Gasteiger partial charge < -0.3 is 5.32 Å². The second-order valence-corrected chi connectivity index (χ2v) is 6.97. The zero-order valence-corrected chi connectivity index (χ0v) is 13.6. The molecule has 0 aliphatic rings. The standard InChI is InChI=1S/C15H15ClN2O3S/c1-10-3-6-12(16)9-14(10)18-15(19)11-4-7-13(8-5-11)22(20,21)17-2/h3-9,17H,1-2H3,(H,18,19). The summed E-state index contributed by atoms with van der Waals surface area (Å²) in [6, 6.07) is 10.9. The van der Waals surface area contributed by atoms with Gasteiger partial charge in [-0.2, -0.15) is 0 Å². The third-order valence-electron chi connectivity index (χ3n) is 3.14. The molecular formula is C15H15ClN2O3S. The molecule has 1 amide bonds. The minimum Gasteiger partial charge on any atom is -0.322 e. The summed E-state index contributed by atoms with van der Waals surface area (Å²) in [6.07, 6.45) is 0. The molecule has 0 aromatic heterocycles. The second kappa shape index (κ2) is 6.48. The Kier molecular flexibility index (Phi) is 4.85. The predicted molar refractivity (Wildman–Crippen MR) is 86.8 cm³/mol. The molecule has 116 valence electrons. The van der Waals surface area contributed by atoms with Crippen molar-refractivity contribution in [2.45, 2.75) is 11.8 Å². The summed E-state index contributed by atoms with van der Waals surface area (Å²) in [5.41, 5.74) is 1.85. The first-order chi connectivity index (χ1) is 10.3. The molecular weight excluding hydrogens is 324 g/mol. The van der Waals surface area contributed by atoms with Crippen molar-refractivity contribution < 1.29 is 13.2 Å². The van der Waals surface area contributed by atoms with Gasteiger partial charge >= 0.3 is 0 Å². The van der Waals surface area contributed by atoms with Gasteiger partial charge in [0.05, 0.1) is 4.90 Å². The maximum absolute atomic E-state index is 12.2. The number of amides is 1. The molecule has 2 rings (SSSR count). The van der Waals surface area contributed by atoms with E-state index in [2.05, 4.69) is 10.0 Å². The smallest absolute Gasteiger partial charge is 0.255 e. The fourth-order valence-electron chi connectivity index (χ4n) is 1.83. The lowest BCUT2D eigenvalue weighted by Gasteiger charge is -2.09. The van der Waals surface area contributed by atoms with Gasteiger partial charge in [-0.3, -0.25) is 4.79 Å². The van der Waals surface area contributed by atoms with Crippen LogP contribution in [0.2, 0.25) is 5.02 Å². The molecule has 5 nitrogen and oxygen atoms in total. The fourth-order valence-corrected chi connectivity index (χ4v) is 2.73. The summed E-state index contributed by atoms with van der Waals surface area (Å²) in [7, 11) is -2.18. The van der Waals surface area contributed by atoms with Crippen LogP contribution >= 0.6 is 11.6 Å². The molecule has 0 unspecified atom stereocenters. The number of halogens is 1. The minimum atomic E-state index is -3.51. The number of nitrogens with one attached hydrogen (secondary N) is 2. The molecule has 2 aromatic rings. The number of sulfonamides is 1. The highest BCUT2D eigenvalue weighted by molar-refractivity contribution is 7.89. The van der Waals surface area contributed by atoms with Crippen molar-refractivity contribution in [2.24, 2.45) is 0 Å². The lowest BCUT2D eigenvalue weighted by Crippen LogP contribution is -2.19. The number of benzene rings is 2. The largest absolute Gasteiger partial charge is 0.322 e. The molecule has 0 spiro atoms. The Balaban J connectivity index is 2.22. The Morgan fingerprint density at radius 1 is 1.09 bits per heavy atom. The van der Waals surface area contributed by atoms with Crippen LogP contribution in [0.1, 0.15) is 15.9 Å². The van der Waals surface area contributed by atoms with Crippen LogP contribution in [-0.2, 0) is 10.0 Å². The summed E-state index contributed by atoms with van der Waals surface area (Å²) in [5, 5.41) is 3.28. The van der Waals surface area contributed by atoms with Crippen LogP contribution in [0.3, 0.4) is 0 Å². The van der Waals surface area contributed by atoms with E-state index in [0.29, 0.717) is 16.3 Å². The summed E-state index contributed by atoms with van der Waals surface area (Å²) < 4.78 is 25.5. The maximum Gasteiger partial charge on any atom is 0.255 e. The summed E-state index contributed by atoms with van der Waals surface area (Å²) in [5.74, 6) is -0.334. The van der Waals surface area contributed by atoms with Crippen LogP contribution in [-0.4, -0.2) is 21.4 Å². The van der Waals surface area contributed by atoms with E-state index in [9.17, 15) is 13.2 Å². The van der Waals surface area contributed by atoms with Crippen molar-refractivity contribution in [3.8, 4) is 0 Å². The van der Waals surface area contributed by atoms with E-state index in [4.69, 9.17) is 11.6 Å². The lowest BCUT2D eigenvalue weighted by atomic mass is 10.1. The van der Waals surface area contributed by atoms with Gasteiger partial charge in [0, 0.05) is 16.3 Å². The van der Waals surface area contributed by atoms with E-state index in [-0.39, 0.29) is 10.8 Å². The molecule has 0 aliphatic heterocycles. The van der Waals surface area contributed by atoms with Gasteiger partial charge in [0.25, 0.3) is 5.91 Å². The van der Waals surface area contributed by atoms with Crippen molar-refractivity contribution in [1.82, 2.24) is 4.72 Å². The third-order valence-corrected chi connectivity index (χ3v) is 4.81. The first-order valence-corrected chi connectivity index (χ1v) is 8.31. The molecule has 0 saturated carbocycles. The first kappa shape index (κ1) is 16.5. The number of aryl methyl sites for hydroxylation is 1. The second-order valence-electron chi connectivity index (χ2n) is 4.65. The molecule has 0 fully saturated rings. The van der Waals surface area contributed by atoms with Gasteiger partial charge in [0.15, 0.2) is 0 Å². The minimum absolute atomic E-state index is 0.102. The van der Waals surface area contributed by atoms with Gasteiger partial charge in [0.2, 0.25) is 10.0 Å². The van der Waals surface area contributed by atoms with Crippen LogP contribution in [0, 0.1) is 6.92 Å². The number of hydrogen-bond acceptors (Lipinski definition) is 3. The molecule has 2 aromatic carbocycles. The van der Waals surface area contributed by atoms with Crippen molar-refractivity contribution >= 4 is 33.2 Å². The topological polar surface area (TPSA) is 75.3 Å². The lowest BCUT2D eigenvalue weighted by molar-refractivity contribution is 0.102. The average Bonchev–Trinajstić information content (AvgIpc) is 2.51. The van der Waals surface area contributed by atoms with Gasteiger partial charge in [-0.05, 0) is 55.9 Å². The molecule has 0 radical (unpaired) electrons. The van der Waals surface area contributed by atoms with E-state index in [1.54, 1.807) is 18.2 Å². The highest BCUT2D eigenvalue weighted by Gasteiger charge is 2.13. The number of carbonyl (C=O) groups excluding carboxylic acids is 1. The highest BCUT2D eigenvalue weighted by atomic mass is 35.5. The van der Waals surface area contributed by atoms with Gasteiger partial charge in [0.1, 0.15) is 0 Å². The monoisotopic (exact) mass is 338 g/mol. The molecule has 0 heterocycles. The average molecular weight is 339 g/mol. The quantitative estimate of drug-likeness (QED) is 0.900. The van der Waals surface area contributed by atoms with E-state index in [1.807, 2.05) is 6.92 Å². The van der Waals surface area contributed by atoms with Gasteiger partial charge in [-0.1, -0.05) is 17.7 Å². The van der Waals surface area contributed by atoms with Crippen LogP contribution in [0.4, 0.5) is 5.69 Å². The van der Waals surface area contributed by atoms with E-state index in [1.165, 1.54) is 31.3 Å². The van der Waals surface area contributed by atoms with E-state index >= 15 is 0 Å². The summed E-state index contributed by atoms with van der Waals surface area (Å²) >= 11 is 5.91. The molecule has 22 heavy (non-hydrogen) atoms. The van der Waals surface area contributed by atoms with Crippen molar-refractivity contribution in [3.63, 3.8) is 0 Å². The Labute approximate surface area is 134 Å². The van der Waals surface area contributed by atoms with Crippen LogP contribution < -0.4 is 10.0 Å². The van der Waals surface area contributed by atoms with Crippen molar-refractivity contribution in [2.75, 3.05) is 12.4 Å². The molecule has 0 saturated heterocycles. The van der Waals surface area contributed by atoms with Gasteiger partial charge in [-0.15, -0.1) is 0 Å². The number of hydrogen-bond donors (Lipinski definition) is 2. The first-order valence-electron chi connectivity index (χ1n) is 6.44. The summed E-state index contributed by atoms with van der Waals surface area (Å²) in [6.45, 7) is 1.86. The Hall–Kier alpha value is -1.89. The van der Waals surface area contributed by atoms with Crippen molar-refractivity contribution in [1.29, 1.82) is 0 Å². The third kappa shape index (κ3) is 3.65. The fraction of sp³-hybridized carbons (Fsp3) is 0.133. The van der Waals surface area contributed by atoms with Crippen LogP contribution in [0.5, 0.6) is 0 Å². The Morgan fingerprint density at radius 3 is 2.32 bits per heavy atom. The van der Waals surface area contributed by atoms with E-state index < -0.39 is 10.0 Å². The Morgan fingerprint density at radius 2 is 1.73 bits per heavy atom. The highest BCUT2D eigenvalue weighted by Crippen LogP contribution is 2.21. The molecule has 0 bridgehead atoms. The number of rotatable bonds is 4. The van der Waals surface area contributed by atoms with Crippen LogP contribution in [0.25, 0.3) is 0 Å². The zero-order chi connectivity index (χ0) is 16.3. The SMILES string of the molecule is CNS(=O)(=O)c1ccc(C(=O)Nc2cc(Cl)ccc2C)cc1. The van der Waals surface area contributed by atoms with Crippen LogP contribution in [0.15, 0.2) is 47.4 Å². The summed E-state index contributed by atoms with van der Waals surface area (Å²) in [4.78, 5) is 12.3. The normalized spacial score (nSPS) is 11.2.